The molecule has 0 aromatic heterocycles. The first-order valence-electron chi connectivity index (χ1n) is 6.50. The minimum atomic E-state index is -0.746. The van der Waals surface area contributed by atoms with E-state index in [1.54, 1.807) is 0 Å². The van der Waals surface area contributed by atoms with Crippen LogP contribution in [0.4, 0.5) is 0 Å². The summed E-state index contributed by atoms with van der Waals surface area (Å²) < 4.78 is 11.4. The quantitative estimate of drug-likeness (QED) is 0.701. The fraction of sp³-hybridized carbons (Fsp3) is 0.917. The Labute approximate surface area is 107 Å². The number of nitrogens with zero attached hydrogens (tertiary/aromatic N) is 1. The van der Waals surface area contributed by atoms with Gasteiger partial charge in [0.25, 0.3) is 0 Å². The number of hydrogen-bond acceptors (Lipinski definition) is 5. The van der Waals surface area contributed by atoms with Crippen molar-refractivity contribution in [3.63, 3.8) is 0 Å². The summed E-state index contributed by atoms with van der Waals surface area (Å²) in [5.41, 5.74) is 0. The van der Waals surface area contributed by atoms with E-state index in [0.717, 1.165) is 26.2 Å². The van der Waals surface area contributed by atoms with Gasteiger partial charge in [0.05, 0.1) is 31.3 Å². The van der Waals surface area contributed by atoms with Crippen LogP contribution in [-0.4, -0.2) is 74.6 Å². The highest BCUT2D eigenvalue weighted by Gasteiger charge is 2.28. The molecule has 0 bridgehead atoms. The highest BCUT2D eigenvalue weighted by Crippen LogP contribution is 2.15. The molecule has 104 valence electrons. The van der Waals surface area contributed by atoms with E-state index in [2.05, 4.69) is 17.3 Å². The van der Waals surface area contributed by atoms with E-state index >= 15 is 0 Å². The second kappa shape index (κ2) is 6.47. The first-order chi connectivity index (χ1) is 8.65. The van der Waals surface area contributed by atoms with E-state index in [-0.39, 0.29) is 18.1 Å². The van der Waals surface area contributed by atoms with Gasteiger partial charge in [0.1, 0.15) is 0 Å². The lowest BCUT2D eigenvalue weighted by Gasteiger charge is -2.32. The van der Waals surface area contributed by atoms with E-state index in [9.17, 15) is 4.79 Å². The molecule has 2 rings (SSSR count). The largest absolute Gasteiger partial charge is 0.481 e. The molecule has 2 fully saturated rings. The van der Waals surface area contributed by atoms with Gasteiger partial charge in [0.15, 0.2) is 0 Å². The van der Waals surface area contributed by atoms with Crippen molar-refractivity contribution in [1.29, 1.82) is 0 Å². The van der Waals surface area contributed by atoms with Crippen LogP contribution in [-0.2, 0) is 14.3 Å². The Bertz CT molecular complexity index is 287. The van der Waals surface area contributed by atoms with Crippen LogP contribution in [0.1, 0.15) is 6.42 Å². The van der Waals surface area contributed by atoms with Gasteiger partial charge >= 0.3 is 5.97 Å². The molecule has 0 aromatic carbocycles. The summed E-state index contributed by atoms with van der Waals surface area (Å²) in [4.78, 5) is 13.1. The molecule has 3 atom stereocenters. The molecule has 0 spiro atoms. The predicted molar refractivity (Wildman–Crippen MR) is 65.6 cm³/mol. The zero-order chi connectivity index (χ0) is 13.0. The van der Waals surface area contributed by atoms with Crippen LogP contribution in [0.3, 0.4) is 0 Å². The van der Waals surface area contributed by atoms with Crippen LogP contribution in [0, 0.1) is 5.92 Å². The van der Waals surface area contributed by atoms with Crippen molar-refractivity contribution in [3.8, 4) is 0 Å². The lowest BCUT2D eigenvalue weighted by Crippen LogP contribution is -2.46. The maximum Gasteiger partial charge on any atom is 0.307 e. The lowest BCUT2D eigenvalue weighted by molar-refractivity contribution is -0.145. The van der Waals surface area contributed by atoms with Crippen LogP contribution in [0.15, 0.2) is 0 Å². The average Bonchev–Trinajstić information content (AvgIpc) is 2.37. The van der Waals surface area contributed by atoms with E-state index in [0.29, 0.717) is 19.6 Å². The molecule has 2 aliphatic heterocycles. The third kappa shape index (κ3) is 3.91. The summed E-state index contributed by atoms with van der Waals surface area (Å²) in [5, 5.41) is 12.1. The molecule has 6 nitrogen and oxygen atoms in total. The number of aliphatic carboxylic acids is 1. The molecule has 0 aliphatic carbocycles. The number of rotatable bonds is 4. The Morgan fingerprint density at radius 3 is 3.11 bits per heavy atom. The molecular weight excluding hydrogens is 236 g/mol. The first-order valence-corrected chi connectivity index (χ1v) is 6.50. The summed E-state index contributed by atoms with van der Waals surface area (Å²) in [5.74, 6) is -1.08. The van der Waals surface area contributed by atoms with Gasteiger partial charge in [-0.25, -0.2) is 0 Å². The highest BCUT2D eigenvalue weighted by molar-refractivity contribution is 5.70. The number of likely N-dealkylation sites (N-methyl/N-ethyl adjacent to an activating group) is 1. The van der Waals surface area contributed by atoms with Gasteiger partial charge in [-0.3, -0.25) is 4.79 Å². The maximum absolute atomic E-state index is 10.9. The fourth-order valence-corrected chi connectivity index (χ4v) is 2.43. The minimum Gasteiger partial charge on any atom is -0.481 e. The zero-order valence-corrected chi connectivity index (χ0v) is 10.8. The number of carboxylic acid groups (broad SMARTS) is 1. The fourth-order valence-electron chi connectivity index (χ4n) is 2.43. The normalized spacial score (nSPS) is 34.4. The van der Waals surface area contributed by atoms with Crippen molar-refractivity contribution in [2.75, 3.05) is 46.4 Å². The van der Waals surface area contributed by atoms with E-state index in [4.69, 9.17) is 14.6 Å². The molecule has 6 heteroatoms. The van der Waals surface area contributed by atoms with Crippen LogP contribution in [0.25, 0.3) is 0 Å². The molecule has 2 aliphatic rings. The number of morpholine rings is 1. The first kappa shape index (κ1) is 13.7. The van der Waals surface area contributed by atoms with Gasteiger partial charge in [0.2, 0.25) is 0 Å². The van der Waals surface area contributed by atoms with Crippen molar-refractivity contribution in [3.05, 3.63) is 0 Å². The minimum absolute atomic E-state index is 0.0179. The van der Waals surface area contributed by atoms with Crippen LogP contribution in [0.2, 0.25) is 0 Å². The lowest BCUT2D eigenvalue weighted by atomic mass is 9.98. The number of carbonyl (C=O) groups is 1. The summed E-state index contributed by atoms with van der Waals surface area (Å²) in [6, 6.07) is 0. The summed E-state index contributed by atoms with van der Waals surface area (Å²) in [6.45, 7) is 4.39. The predicted octanol–water partition coefficient (Wildman–Crippen LogP) is -0.604. The van der Waals surface area contributed by atoms with Gasteiger partial charge in [-0.2, -0.15) is 0 Å². The van der Waals surface area contributed by atoms with Crippen molar-refractivity contribution in [2.24, 2.45) is 5.92 Å². The van der Waals surface area contributed by atoms with Crippen molar-refractivity contribution >= 4 is 5.97 Å². The molecule has 0 radical (unpaired) electrons. The highest BCUT2D eigenvalue weighted by atomic mass is 16.5. The Kier molecular flexibility index (Phi) is 4.94. The summed E-state index contributed by atoms with van der Waals surface area (Å²) in [7, 11) is 2.07. The molecule has 18 heavy (non-hydrogen) atoms. The maximum atomic E-state index is 10.9. The molecule has 2 saturated heterocycles. The number of piperidine rings is 1. The third-order valence-electron chi connectivity index (χ3n) is 3.52. The van der Waals surface area contributed by atoms with Gasteiger partial charge in [-0.15, -0.1) is 0 Å². The van der Waals surface area contributed by atoms with Crippen LogP contribution < -0.4 is 5.32 Å². The second-order valence-corrected chi connectivity index (χ2v) is 5.14. The number of nitrogens with one attached hydrogen (secondary N) is 1. The third-order valence-corrected chi connectivity index (χ3v) is 3.52. The van der Waals surface area contributed by atoms with Crippen molar-refractivity contribution in [1.82, 2.24) is 10.2 Å². The SMILES string of the molecule is CN1CCOC(COC2CNCC(C(=O)O)C2)C1. The number of hydrogen-bond donors (Lipinski definition) is 2. The summed E-state index contributed by atoms with van der Waals surface area (Å²) >= 11 is 0. The summed E-state index contributed by atoms with van der Waals surface area (Å²) in [6.07, 6.45) is 0.676. The van der Waals surface area contributed by atoms with Crippen molar-refractivity contribution in [2.45, 2.75) is 18.6 Å². The molecule has 0 amide bonds. The Morgan fingerprint density at radius 2 is 2.39 bits per heavy atom. The molecule has 2 N–H and O–H groups in total. The smallest absolute Gasteiger partial charge is 0.307 e. The molecular formula is C12H22N2O4. The van der Waals surface area contributed by atoms with Crippen LogP contribution in [0.5, 0.6) is 0 Å². The zero-order valence-electron chi connectivity index (χ0n) is 10.8. The average molecular weight is 258 g/mol. The number of carboxylic acids is 1. The molecule has 2 heterocycles. The van der Waals surface area contributed by atoms with Crippen molar-refractivity contribution < 1.29 is 19.4 Å². The Balaban J connectivity index is 1.71. The van der Waals surface area contributed by atoms with Gasteiger partial charge < -0.3 is 24.8 Å². The second-order valence-electron chi connectivity index (χ2n) is 5.14. The van der Waals surface area contributed by atoms with E-state index < -0.39 is 5.97 Å². The van der Waals surface area contributed by atoms with Crippen LogP contribution >= 0.6 is 0 Å². The Hall–Kier alpha value is -0.690. The molecule has 0 aromatic rings. The van der Waals surface area contributed by atoms with Gasteiger partial charge in [0, 0.05) is 26.2 Å². The van der Waals surface area contributed by atoms with E-state index in [1.165, 1.54) is 0 Å². The number of ether oxygens (including phenoxy) is 2. The monoisotopic (exact) mass is 258 g/mol. The Morgan fingerprint density at radius 1 is 1.56 bits per heavy atom. The molecule has 3 unspecified atom stereocenters. The standard InChI is InChI=1S/C12H22N2O4/c1-14-2-3-17-11(7-14)8-18-10-4-9(12(15)16)5-13-6-10/h9-11,13H,2-8H2,1H3,(H,15,16). The van der Waals surface area contributed by atoms with Gasteiger partial charge in [-0.05, 0) is 13.5 Å². The topological polar surface area (TPSA) is 71.0 Å². The van der Waals surface area contributed by atoms with E-state index in [1.807, 2.05) is 0 Å². The van der Waals surface area contributed by atoms with Gasteiger partial charge in [-0.1, -0.05) is 0 Å². The molecule has 0 saturated carbocycles.